The van der Waals surface area contributed by atoms with Gasteiger partial charge in [-0.15, -0.1) is 0 Å². The molecule has 0 saturated heterocycles. The van der Waals surface area contributed by atoms with Gasteiger partial charge in [0.2, 0.25) is 12.6 Å². The number of fused-ring (bicyclic) bond motifs is 2. The number of halogens is 1. The number of nitrogens with zero attached hydrogens (tertiary/aromatic N) is 1. The molecule has 3 aromatic rings. The maximum absolute atomic E-state index is 13.2. The van der Waals surface area contributed by atoms with Crippen LogP contribution in [-0.4, -0.2) is 24.6 Å². The average Bonchev–Trinajstić information content (AvgIpc) is 3.46. The fourth-order valence-corrected chi connectivity index (χ4v) is 3.90. The predicted molar refractivity (Wildman–Crippen MR) is 112 cm³/mol. The van der Waals surface area contributed by atoms with Crippen LogP contribution in [0.25, 0.3) is 0 Å². The fraction of sp³-hybridized carbons (Fsp3) is 0.217. The second-order valence-corrected chi connectivity index (χ2v) is 7.63. The highest BCUT2D eigenvalue weighted by Crippen LogP contribution is 2.40. The molecule has 31 heavy (non-hydrogen) atoms. The molecule has 0 bridgehead atoms. The first kappa shape index (κ1) is 19.5. The fourth-order valence-electron chi connectivity index (χ4n) is 3.69. The summed E-state index contributed by atoms with van der Waals surface area (Å²) < 4.78 is 21.9. The molecule has 0 radical (unpaired) electrons. The van der Waals surface area contributed by atoms with Crippen molar-refractivity contribution in [2.75, 3.05) is 11.7 Å². The normalized spacial score (nSPS) is 16.8. The van der Waals surface area contributed by atoms with Crippen molar-refractivity contribution in [2.24, 2.45) is 0 Å². The van der Waals surface area contributed by atoms with Crippen LogP contribution < -0.4 is 19.1 Å². The summed E-state index contributed by atoms with van der Waals surface area (Å²) in [6, 6.07) is 11.7. The van der Waals surface area contributed by atoms with Gasteiger partial charge >= 0.3 is 0 Å². The SMILES string of the molecule is CC[C@H]1Oc2ccc(C(=O)c3ccco3)cc2N(Cc2cc3c(cc2Cl)OCO3)C1=O. The molecule has 2 aliphatic heterocycles. The van der Waals surface area contributed by atoms with Crippen molar-refractivity contribution >= 4 is 29.0 Å². The highest BCUT2D eigenvalue weighted by Gasteiger charge is 2.34. The van der Waals surface area contributed by atoms with Crippen molar-refractivity contribution in [3.05, 3.63) is 70.6 Å². The summed E-state index contributed by atoms with van der Waals surface area (Å²) in [6.45, 7) is 2.21. The molecule has 8 heteroatoms. The first-order valence-corrected chi connectivity index (χ1v) is 10.2. The van der Waals surface area contributed by atoms with E-state index in [1.54, 1.807) is 47.4 Å². The lowest BCUT2D eigenvalue weighted by atomic mass is 10.0. The van der Waals surface area contributed by atoms with Crippen molar-refractivity contribution in [3.8, 4) is 17.2 Å². The summed E-state index contributed by atoms with van der Waals surface area (Å²) in [4.78, 5) is 27.5. The zero-order valence-corrected chi connectivity index (χ0v) is 17.3. The van der Waals surface area contributed by atoms with Gasteiger partial charge in [0.15, 0.2) is 23.4 Å². The Morgan fingerprint density at radius 1 is 1.13 bits per heavy atom. The zero-order valence-electron chi connectivity index (χ0n) is 16.6. The minimum atomic E-state index is -0.619. The van der Waals surface area contributed by atoms with Gasteiger partial charge in [0.05, 0.1) is 18.5 Å². The molecule has 2 aliphatic rings. The Balaban J connectivity index is 1.55. The van der Waals surface area contributed by atoms with Gasteiger partial charge in [-0.1, -0.05) is 18.5 Å². The van der Waals surface area contributed by atoms with E-state index in [4.69, 9.17) is 30.2 Å². The number of ketones is 1. The maximum atomic E-state index is 13.2. The van der Waals surface area contributed by atoms with E-state index in [0.717, 1.165) is 0 Å². The average molecular weight is 440 g/mol. The molecular weight excluding hydrogens is 422 g/mol. The van der Waals surface area contributed by atoms with Crippen LogP contribution in [0, 0.1) is 0 Å². The monoisotopic (exact) mass is 439 g/mol. The number of carbonyl (C=O) groups excluding carboxylic acids is 2. The van der Waals surface area contributed by atoms with Crippen LogP contribution in [0.3, 0.4) is 0 Å². The zero-order chi connectivity index (χ0) is 21.5. The standard InChI is InChI=1S/C23H18ClNO6/c1-2-17-23(27)25(11-14-9-20-21(10-15(14)24)30-12-29-20)16-8-13(5-6-18(16)31-17)22(26)19-4-3-7-28-19/h3-10,17H,2,11-12H2,1H3/t17-/m1/s1. The van der Waals surface area contributed by atoms with Gasteiger partial charge in [-0.3, -0.25) is 9.59 Å². The van der Waals surface area contributed by atoms with Gasteiger partial charge < -0.3 is 23.5 Å². The molecule has 0 saturated carbocycles. The van der Waals surface area contributed by atoms with Crippen molar-refractivity contribution in [3.63, 3.8) is 0 Å². The van der Waals surface area contributed by atoms with Crippen LogP contribution in [0.2, 0.25) is 5.02 Å². The molecule has 0 N–H and O–H groups in total. The molecule has 0 spiro atoms. The summed E-state index contributed by atoms with van der Waals surface area (Å²) in [5.74, 6) is 1.42. The Morgan fingerprint density at radius 3 is 2.68 bits per heavy atom. The first-order valence-electron chi connectivity index (χ1n) is 9.83. The van der Waals surface area contributed by atoms with E-state index in [-0.39, 0.29) is 30.8 Å². The topological polar surface area (TPSA) is 78.2 Å². The van der Waals surface area contributed by atoms with Gasteiger partial charge in [-0.05, 0) is 48.4 Å². The summed E-state index contributed by atoms with van der Waals surface area (Å²) in [5, 5.41) is 0.459. The second-order valence-electron chi connectivity index (χ2n) is 7.22. The van der Waals surface area contributed by atoms with Crippen LogP contribution in [0.5, 0.6) is 17.2 Å². The van der Waals surface area contributed by atoms with Gasteiger partial charge in [0.25, 0.3) is 5.91 Å². The number of hydrogen-bond donors (Lipinski definition) is 0. The third kappa shape index (κ3) is 3.41. The van der Waals surface area contributed by atoms with E-state index in [1.165, 1.54) is 6.26 Å². The van der Waals surface area contributed by atoms with Crippen LogP contribution in [0.1, 0.15) is 35.0 Å². The number of ether oxygens (including phenoxy) is 3. The van der Waals surface area contributed by atoms with Crippen molar-refractivity contribution in [2.45, 2.75) is 26.0 Å². The van der Waals surface area contributed by atoms with Crippen molar-refractivity contribution < 1.29 is 28.2 Å². The molecule has 0 fully saturated rings. The van der Waals surface area contributed by atoms with Crippen molar-refractivity contribution in [1.29, 1.82) is 0 Å². The summed E-state index contributed by atoms with van der Waals surface area (Å²) in [5.41, 5.74) is 1.59. The number of furan rings is 1. The molecule has 3 heterocycles. The largest absolute Gasteiger partial charge is 0.478 e. The molecule has 1 amide bonds. The highest BCUT2D eigenvalue weighted by molar-refractivity contribution is 6.31. The molecule has 1 atom stereocenters. The Bertz CT molecular complexity index is 1170. The molecule has 0 aliphatic carbocycles. The predicted octanol–water partition coefficient (Wildman–Crippen LogP) is 4.60. The highest BCUT2D eigenvalue weighted by atomic mass is 35.5. The molecule has 5 rings (SSSR count). The summed E-state index contributed by atoms with van der Waals surface area (Å²) in [6.07, 6.45) is 1.33. The Morgan fingerprint density at radius 2 is 1.94 bits per heavy atom. The van der Waals surface area contributed by atoms with E-state index in [9.17, 15) is 9.59 Å². The minimum absolute atomic E-state index is 0.130. The summed E-state index contributed by atoms with van der Waals surface area (Å²) >= 11 is 6.45. The molecule has 2 aromatic carbocycles. The third-order valence-electron chi connectivity index (χ3n) is 5.31. The lowest BCUT2D eigenvalue weighted by molar-refractivity contribution is -0.126. The van der Waals surface area contributed by atoms with Gasteiger partial charge in [-0.2, -0.15) is 0 Å². The number of anilines is 1. The van der Waals surface area contributed by atoms with Gasteiger partial charge in [0.1, 0.15) is 5.75 Å². The summed E-state index contributed by atoms with van der Waals surface area (Å²) in [7, 11) is 0. The lowest BCUT2D eigenvalue weighted by Crippen LogP contribution is -2.45. The van der Waals surface area contributed by atoms with Gasteiger partial charge in [0, 0.05) is 16.7 Å². The maximum Gasteiger partial charge on any atom is 0.268 e. The number of benzene rings is 2. The van der Waals surface area contributed by atoms with Crippen LogP contribution in [-0.2, 0) is 11.3 Å². The van der Waals surface area contributed by atoms with Crippen molar-refractivity contribution in [1.82, 2.24) is 0 Å². The van der Waals surface area contributed by atoms with E-state index < -0.39 is 6.10 Å². The van der Waals surface area contributed by atoms with E-state index in [0.29, 0.717) is 45.5 Å². The second kappa shape index (κ2) is 7.67. The smallest absolute Gasteiger partial charge is 0.268 e. The number of rotatable bonds is 5. The lowest BCUT2D eigenvalue weighted by Gasteiger charge is -2.34. The number of hydrogen-bond acceptors (Lipinski definition) is 6. The van der Waals surface area contributed by atoms with Crippen LogP contribution >= 0.6 is 11.6 Å². The number of carbonyl (C=O) groups is 2. The Kier molecular flexibility index (Phi) is 4.82. The Labute approximate surface area is 183 Å². The quantitative estimate of drug-likeness (QED) is 0.541. The molecule has 0 unspecified atom stereocenters. The number of amides is 1. The Hall–Kier alpha value is -3.45. The van der Waals surface area contributed by atoms with E-state index >= 15 is 0 Å². The van der Waals surface area contributed by atoms with Crippen LogP contribution in [0.15, 0.2) is 53.1 Å². The van der Waals surface area contributed by atoms with E-state index in [2.05, 4.69) is 0 Å². The molecule has 158 valence electrons. The molecular formula is C23H18ClNO6. The van der Waals surface area contributed by atoms with E-state index in [1.807, 2.05) is 6.92 Å². The van der Waals surface area contributed by atoms with Crippen LogP contribution in [0.4, 0.5) is 5.69 Å². The molecule has 7 nitrogen and oxygen atoms in total. The first-order chi connectivity index (χ1) is 15.0. The van der Waals surface area contributed by atoms with Gasteiger partial charge in [-0.25, -0.2) is 0 Å². The molecule has 1 aromatic heterocycles. The third-order valence-corrected chi connectivity index (χ3v) is 5.66. The minimum Gasteiger partial charge on any atom is -0.478 e.